The minimum absolute atomic E-state index is 0.672. The summed E-state index contributed by atoms with van der Waals surface area (Å²) < 4.78 is 0. The van der Waals surface area contributed by atoms with Crippen molar-refractivity contribution < 1.29 is 0 Å². The van der Waals surface area contributed by atoms with Gasteiger partial charge in [0, 0.05) is 10.8 Å². The fraction of sp³-hybridized carbons (Fsp3) is 0.870. The quantitative estimate of drug-likeness (QED) is 0.549. The molecule has 1 nitrogen and oxygen atoms in total. The fourth-order valence-corrected chi connectivity index (χ4v) is 6.75. The van der Waals surface area contributed by atoms with Gasteiger partial charge in [-0.25, -0.2) is 4.98 Å². The van der Waals surface area contributed by atoms with Crippen LogP contribution in [-0.4, -0.2) is 4.98 Å². The van der Waals surface area contributed by atoms with Crippen molar-refractivity contribution in [1.29, 1.82) is 0 Å². The average Bonchev–Trinajstić information content (AvgIpc) is 3.03. The van der Waals surface area contributed by atoms with Crippen LogP contribution in [0.5, 0.6) is 0 Å². The molecule has 1 heterocycles. The molecule has 2 aliphatic carbocycles. The van der Waals surface area contributed by atoms with Crippen molar-refractivity contribution in [2.24, 2.45) is 35.5 Å². The summed E-state index contributed by atoms with van der Waals surface area (Å²) in [6.45, 7) is 14.6. The molecule has 2 fully saturated rings. The smallest absolute Gasteiger partial charge is 0.152 e. The molecule has 6 atom stereocenters. The first kappa shape index (κ1) is 19.4. The topological polar surface area (TPSA) is 12.9 Å². The van der Waals surface area contributed by atoms with Gasteiger partial charge in [0.1, 0.15) is 0 Å². The third kappa shape index (κ3) is 4.15. The fourth-order valence-electron chi connectivity index (χ4n) is 5.78. The number of thiazole rings is 1. The highest BCUT2D eigenvalue weighted by molar-refractivity contribution is 7.09. The third-order valence-electron chi connectivity index (χ3n) is 7.31. The Morgan fingerprint density at radius 2 is 1.36 bits per heavy atom. The van der Waals surface area contributed by atoms with E-state index in [4.69, 9.17) is 4.98 Å². The maximum Gasteiger partial charge on any atom is 0.152 e. The summed E-state index contributed by atoms with van der Waals surface area (Å²) in [5, 5.41) is 0. The summed E-state index contributed by atoms with van der Waals surface area (Å²) in [5.74, 6) is 6.30. The molecule has 2 heteroatoms. The summed E-state index contributed by atoms with van der Waals surface area (Å²) in [5.41, 5.74) is 4.79. The lowest BCUT2D eigenvalue weighted by Crippen LogP contribution is -2.30. The molecule has 1 radical (unpaired) electrons. The molecule has 2 aliphatic rings. The Labute approximate surface area is 160 Å². The lowest BCUT2D eigenvalue weighted by molar-refractivity contribution is 0.183. The minimum atomic E-state index is 0.672. The van der Waals surface area contributed by atoms with Crippen molar-refractivity contribution in [3.63, 3.8) is 0 Å². The van der Waals surface area contributed by atoms with Gasteiger partial charge in [0.05, 0.1) is 5.69 Å². The van der Waals surface area contributed by atoms with Crippen molar-refractivity contribution in [1.82, 2.24) is 4.98 Å². The highest BCUT2D eigenvalue weighted by atomic mass is 32.1. The zero-order valence-electron chi connectivity index (χ0n) is 17.2. The largest absolute Gasteiger partial charge is 0.238 e. The van der Waals surface area contributed by atoms with E-state index in [1.807, 2.05) is 11.3 Å². The van der Waals surface area contributed by atoms with Crippen molar-refractivity contribution in [3.05, 3.63) is 16.1 Å². The summed E-state index contributed by atoms with van der Waals surface area (Å²) in [7, 11) is 0. The monoisotopic (exact) mass is 360 g/mol. The molecular formula is C23H38NS. The first-order valence-electron chi connectivity index (χ1n) is 10.7. The summed E-state index contributed by atoms with van der Waals surface area (Å²) in [6, 6.07) is 0. The van der Waals surface area contributed by atoms with Crippen molar-refractivity contribution in [2.45, 2.75) is 91.9 Å². The summed E-state index contributed by atoms with van der Waals surface area (Å²) in [4.78, 5) is 6.51. The van der Waals surface area contributed by atoms with Crippen LogP contribution in [0.1, 0.15) is 102 Å². The Hall–Kier alpha value is -0.370. The van der Waals surface area contributed by atoms with Crippen LogP contribution in [0, 0.1) is 41.0 Å². The zero-order chi connectivity index (χ0) is 18.1. The van der Waals surface area contributed by atoms with E-state index in [1.165, 1.54) is 44.2 Å². The lowest BCUT2D eigenvalue weighted by atomic mass is 9.65. The average molecular weight is 361 g/mol. The number of hydrogen-bond donors (Lipinski definition) is 0. The minimum Gasteiger partial charge on any atom is -0.238 e. The molecule has 0 saturated heterocycles. The second-order valence-electron chi connectivity index (χ2n) is 9.92. The summed E-state index contributed by atoms with van der Waals surface area (Å²) in [6.07, 6.45) is 8.29. The van der Waals surface area contributed by atoms with E-state index in [9.17, 15) is 0 Å². The van der Waals surface area contributed by atoms with Gasteiger partial charge in [-0.3, -0.25) is 0 Å². The van der Waals surface area contributed by atoms with Gasteiger partial charge in [0.2, 0.25) is 0 Å². The Bertz CT molecular complexity index is 500. The van der Waals surface area contributed by atoms with Gasteiger partial charge in [0.25, 0.3) is 0 Å². The second-order valence-corrected chi connectivity index (χ2v) is 10.7. The van der Waals surface area contributed by atoms with E-state index in [0.29, 0.717) is 5.92 Å². The molecule has 0 aliphatic heterocycles. The van der Waals surface area contributed by atoms with E-state index in [0.717, 1.165) is 41.4 Å². The van der Waals surface area contributed by atoms with Gasteiger partial charge in [-0.2, -0.15) is 0 Å². The van der Waals surface area contributed by atoms with E-state index in [-0.39, 0.29) is 0 Å². The molecular weight excluding hydrogens is 322 g/mol. The number of hydrogen-bond acceptors (Lipinski definition) is 2. The SMILES string of the molecule is CC1CCC(C(C)C)C(c2n[c]sc2C2CC(C)CCC2C(C)C)C1. The third-order valence-corrected chi connectivity index (χ3v) is 8.22. The number of nitrogens with zero attached hydrogens (tertiary/aromatic N) is 1. The second kappa shape index (κ2) is 8.11. The molecule has 1 aromatic heterocycles. The first-order valence-corrected chi connectivity index (χ1v) is 11.6. The maximum absolute atomic E-state index is 4.89. The molecule has 3 rings (SSSR count). The van der Waals surface area contributed by atoms with E-state index < -0.39 is 0 Å². The van der Waals surface area contributed by atoms with Crippen LogP contribution in [0.3, 0.4) is 0 Å². The summed E-state index contributed by atoms with van der Waals surface area (Å²) >= 11 is 1.85. The molecule has 0 spiro atoms. The molecule has 0 amide bonds. The Morgan fingerprint density at radius 3 is 1.92 bits per heavy atom. The Balaban J connectivity index is 1.92. The number of rotatable bonds is 4. The van der Waals surface area contributed by atoms with Crippen LogP contribution in [0.25, 0.3) is 0 Å². The van der Waals surface area contributed by atoms with Crippen molar-refractivity contribution in [3.8, 4) is 0 Å². The maximum atomic E-state index is 4.89. The molecule has 141 valence electrons. The lowest BCUT2D eigenvalue weighted by Gasteiger charge is -2.40. The van der Waals surface area contributed by atoms with Crippen molar-refractivity contribution in [2.75, 3.05) is 0 Å². The predicted octanol–water partition coefficient (Wildman–Crippen LogP) is 7.29. The highest BCUT2D eigenvalue weighted by Gasteiger charge is 2.39. The van der Waals surface area contributed by atoms with Crippen LogP contribution in [-0.2, 0) is 0 Å². The highest BCUT2D eigenvalue weighted by Crippen LogP contribution is 2.51. The molecule has 25 heavy (non-hydrogen) atoms. The molecule has 1 aromatic rings. The zero-order valence-corrected chi connectivity index (χ0v) is 18.0. The van der Waals surface area contributed by atoms with Gasteiger partial charge >= 0.3 is 0 Å². The van der Waals surface area contributed by atoms with Crippen molar-refractivity contribution >= 4 is 11.3 Å². The number of aromatic nitrogens is 1. The molecule has 0 bridgehead atoms. The molecule has 2 saturated carbocycles. The van der Waals surface area contributed by atoms with E-state index >= 15 is 0 Å². The van der Waals surface area contributed by atoms with Gasteiger partial charge in [-0.15, -0.1) is 11.3 Å². The molecule has 6 unspecified atom stereocenters. The predicted molar refractivity (Wildman–Crippen MR) is 109 cm³/mol. The van der Waals surface area contributed by atoms with E-state index in [1.54, 1.807) is 4.88 Å². The van der Waals surface area contributed by atoms with Crippen LogP contribution in [0.15, 0.2) is 0 Å². The molecule has 0 N–H and O–H groups in total. The van der Waals surface area contributed by atoms with Crippen LogP contribution in [0.4, 0.5) is 0 Å². The Morgan fingerprint density at radius 1 is 0.840 bits per heavy atom. The van der Waals surface area contributed by atoms with Gasteiger partial charge < -0.3 is 0 Å². The standard InChI is InChI=1S/C23H38NS/c1-14(2)18-9-7-16(5)11-20(18)22-23(25-13-24-22)21-12-17(6)8-10-19(21)15(3)4/h14-21H,7-12H2,1-6H3. The van der Waals surface area contributed by atoms with E-state index in [2.05, 4.69) is 47.1 Å². The molecule has 0 aromatic carbocycles. The van der Waals surface area contributed by atoms with Crippen LogP contribution < -0.4 is 0 Å². The van der Waals surface area contributed by atoms with Gasteiger partial charge in [0.15, 0.2) is 5.51 Å². The van der Waals surface area contributed by atoms with Gasteiger partial charge in [-0.05, 0) is 67.1 Å². The van der Waals surface area contributed by atoms with Crippen LogP contribution >= 0.6 is 11.3 Å². The Kier molecular flexibility index (Phi) is 6.29. The normalized spacial score (nSPS) is 37.0. The van der Waals surface area contributed by atoms with Crippen LogP contribution in [0.2, 0.25) is 0 Å². The first-order chi connectivity index (χ1) is 11.9. The van der Waals surface area contributed by atoms with Gasteiger partial charge in [-0.1, -0.05) is 54.4 Å².